The van der Waals surface area contributed by atoms with Crippen molar-refractivity contribution >= 4 is 33.4 Å². The van der Waals surface area contributed by atoms with Gasteiger partial charge in [-0.25, -0.2) is 0 Å². The molecule has 2 rings (SSSR count). The number of thiazole rings is 1. The second kappa shape index (κ2) is 7.17. The molecule has 1 aromatic carbocycles. The van der Waals surface area contributed by atoms with E-state index in [0.29, 0.717) is 17.2 Å². The number of hydrogen-bond acceptors (Lipinski definition) is 5. The zero-order valence-electron chi connectivity index (χ0n) is 14.6. The van der Waals surface area contributed by atoms with Crippen LogP contribution in [0.5, 0.6) is 5.75 Å². The molecule has 0 aliphatic heterocycles. The molecule has 0 aliphatic rings. The molecule has 0 bridgehead atoms. The number of methoxy groups -OCH3 is 1. The summed E-state index contributed by atoms with van der Waals surface area (Å²) in [4.78, 5) is 29.0. The van der Waals surface area contributed by atoms with Crippen molar-refractivity contribution in [3.63, 3.8) is 0 Å². The van der Waals surface area contributed by atoms with E-state index in [0.717, 1.165) is 10.2 Å². The van der Waals surface area contributed by atoms with Crippen LogP contribution in [0, 0.1) is 5.41 Å². The summed E-state index contributed by atoms with van der Waals surface area (Å²) >= 11 is 1.35. The Labute approximate surface area is 144 Å². The lowest BCUT2D eigenvalue weighted by Gasteiger charge is -2.12. The molecule has 0 saturated heterocycles. The van der Waals surface area contributed by atoms with Gasteiger partial charge in [-0.2, -0.15) is 4.99 Å². The summed E-state index contributed by atoms with van der Waals surface area (Å²) in [6.07, 6.45) is 0. The molecule has 0 saturated carbocycles. The van der Waals surface area contributed by atoms with Crippen molar-refractivity contribution in [3.05, 3.63) is 23.0 Å². The average Bonchev–Trinajstić information content (AvgIpc) is 2.84. The third kappa shape index (κ3) is 3.84. The van der Waals surface area contributed by atoms with Gasteiger partial charge in [-0.3, -0.25) is 9.59 Å². The van der Waals surface area contributed by atoms with Gasteiger partial charge in [-0.1, -0.05) is 38.2 Å². The van der Waals surface area contributed by atoms with Crippen LogP contribution in [-0.4, -0.2) is 30.2 Å². The molecule has 1 heterocycles. The van der Waals surface area contributed by atoms with Gasteiger partial charge in [0, 0.05) is 5.41 Å². The quantitative estimate of drug-likeness (QED) is 0.795. The van der Waals surface area contributed by atoms with E-state index in [1.54, 1.807) is 18.6 Å². The van der Waals surface area contributed by atoms with Crippen molar-refractivity contribution < 1.29 is 19.1 Å². The first-order chi connectivity index (χ1) is 11.3. The Morgan fingerprint density at radius 3 is 2.58 bits per heavy atom. The van der Waals surface area contributed by atoms with Crippen molar-refractivity contribution in [3.8, 4) is 5.75 Å². The Kier molecular flexibility index (Phi) is 5.43. The van der Waals surface area contributed by atoms with Crippen molar-refractivity contribution in [2.75, 3.05) is 13.7 Å². The third-order valence-corrected chi connectivity index (χ3v) is 4.36. The van der Waals surface area contributed by atoms with Crippen LogP contribution in [0.2, 0.25) is 0 Å². The van der Waals surface area contributed by atoms with Crippen LogP contribution in [0.25, 0.3) is 10.2 Å². The summed E-state index contributed by atoms with van der Waals surface area (Å²) in [7, 11) is 1.57. The summed E-state index contributed by atoms with van der Waals surface area (Å²) in [5.74, 6) is -0.00361. The molecular weight excluding hydrogens is 328 g/mol. The molecule has 1 aromatic heterocycles. The standard InChI is InChI=1S/C17H22N2O4S/c1-6-23-13(20)10-19-14-11(22-5)8-7-9-12(14)24-16(19)18-15(21)17(2,3)4/h7-9H,6,10H2,1-5H3. The molecule has 0 unspecified atom stereocenters. The van der Waals surface area contributed by atoms with Crippen LogP contribution in [-0.2, 0) is 20.9 Å². The number of nitrogens with zero attached hydrogens (tertiary/aromatic N) is 2. The molecule has 130 valence electrons. The first-order valence-corrected chi connectivity index (χ1v) is 8.50. The van der Waals surface area contributed by atoms with Crippen LogP contribution >= 0.6 is 11.3 Å². The van der Waals surface area contributed by atoms with Crippen molar-refractivity contribution in [2.24, 2.45) is 10.4 Å². The molecule has 0 N–H and O–H groups in total. The number of carbonyl (C=O) groups excluding carboxylic acids is 2. The molecule has 0 spiro atoms. The van der Waals surface area contributed by atoms with E-state index in [-0.39, 0.29) is 18.4 Å². The van der Waals surface area contributed by atoms with Gasteiger partial charge in [-0.15, -0.1) is 0 Å². The zero-order valence-corrected chi connectivity index (χ0v) is 15.4. The normalized spacial score (nSPS) is 12.5. The Hall–Kier alpha value is -2.15. The molecule has 7 heteroatoms. The predicted molar refractivity (Wildman–Crippen MR) is 93.0 cm³/mol. The molecule has 0 atom stereocenters. The molecule has 0 aliphatic carbocycles. The number of hydrogen-bond donors (Lipinski definition) is 0. The SMILES string of the molecule is CCOC(=O)Cn1c(=NC(=O)C(C)(C)C)sc2cccc(OC)c21. The number of para-hydroxylation sites is 1. The molecule has 6 nitrogen and oxygen atoms in total. The highest BCUT2D eigenvalue weighted by molar-refractivity contribution is 7.16. The highest BCUT2D eigenvalue weighted by Gasteiger charge is 2.22. The predicted octanol–water partition coefficient (Wildman–Crippen LogP) is 2.75. The van der Waals surface area contributed by atoms with Gasteiger partial charge in [-0.05, 0) is 19.1 Å². The van der Waals surface area contributed by atoms with E-state index in [4.69, 9.17) is 9.47 Å². The molecule has 24 heavy (non-hydrogen) atoms. The third-order valence-electron chi connectivity index (χ3n) is 3.32. The van der Waals surface area contributed by atoms with E-state index < -0.39 is 5.41 Å². The summed E-state index contributed by atoms with van der Waals surface area (Å²) in [5.41, 5.74) is 0.140. The molecule has 0 fully saturated rings. The maximum Gasteiger partial charge on any atom is 0.326 e. The van der Waals surface area contributed by atoms with Gasteiger partial charge in [0.25, 0.3) is 5.91 Å². The number of ether oxygens (including phenoxy) is 2. The number of amides is 1. The smallest absolute Gasteiger partial charge is 0.326 e. The van der Waals surface area contributed by atoms with Crippen LogP contribution in [0.1, 0.15) is 27.7 Å². The van der Waals surface area contributed by atoms with Gasteiger partial charge in [0.15, 0.2) is 4.80 Å². The van der Waals surface area contributed by atoms with Gasteiger partial charge >= 0.3 is 5.97 Å². The van der Waals surface area contributed by atoms with Crippen LogP contribution in [0.15, 0.2) is 23.2 Å². The summed E-state index contributed by atoms with van der Waals surface area (Å²) < 4.78 is 13.0. The Bertz CT molecular complexity index is 827. The molecule has 2 aromatic rings. The van der Waals surface area contributed by atoms with Crippen LogP contribution in [0.3, 0.4) is 0 Å². The van der Waals surface area contributed by atoms with Crippen LogP contribution in [0.4, 0.5) is 0 Å². The maximum atomic E-state index is 12.3. The summed E-state index contributed by atoms with van der Waals surface area (Å²) in [6, 6.07) is 5.58. The maximum absolute atomic E-state index is 12.3. The minimum absolute atomic E-state index is 0.0233. The molecule has 1 amide bonds. The van der Waals surface area contributed by atoms with Crippen LogP contribution < -0.4 is 9.54 Å². The highest BCUT2D eigenvalue weighted by Crippen LogP contribution is 2.27. The lowest BCUT2D eigenvalue weighted by Crippen LogP contribution is -2.26. The average molecular weight is 350 g/mol. The van der Waals surface area contributed by atoms with E-state index in [1.807, 2.05) is 39.0 Å². The number of aromatic nitrogens is 1. The number of esters is 1. The Balaban J connectivity index is 2.68. The fourth-order valence-electron chi connectivity index (χ4n) is 2.08. The van der Waals surface area contributed by atoms with Crippen molar-refractivity contribution in [2.45, 2.75) is 34.2 Å². The lowest BCUT2D eigenvalue weighted by molar-refractivity contribution is -0.143. The summed E-state index contributed by atoms with van der Waals surface area (Å²) in [6.45, 7) is 7.45. The number of rotatable bonds is 4. The van der Waals surface area contributed by atoms with E-state index in [9.17, 15) is 9.59 Å². The second-order valence-electron chi connectivity index (χ2n) is 6.25. The van der Waals surface area contributed by atoms with Gasteiger partial charge in [0.05, 0.1) is 18.4 Å². The summed E-state index contributed by atoms with van der Waals surface area (Å²) in [5, 5.41) is 0. The first-order valence-electron chi connectivity index (χ1n) is 7.69. The minimum atomic E-state index is -0.595. The van der Waals surface area contributed by atoms with Gasteiger partial charge < -0.3 is 14.0 Å². The highest BCUT2D eigenvalue weighted by atomic mass is 32.1. The number of benzene rings is 1. The molecular formula is C17H22N2O4S. The van der Waals surface area contributed by atoms with E-state index >= 15 is 0 Å². The minimum Gasteiger partial charge on any atom is -0.495 e. The zero-order chi connectivity index (χ0) is 17.9. The fraction of sp³-hybridized carbons (Fsp3) is 0.471. The van der Waals surface area contributed by atoms with E-state index in [2.05, 4.69) is 4.99 Å². The second-order valence-corrected chi connectivity index (χ2v) is 7.26. The Morgan fingerprint density at radius 2 is 2.00 bits per heavy atom. The van der Waals surface area contributed by atoms with Crippen molar-refractivity contribution in [1.82, 2.24) is 4.57 Å². The number of carbonyl (C=O) groups is 2. The van der Waals surface area contributed by atoms with Gasteiger partial charge in [0.1, 0.15) is 17.8 Å². The Morgan fingerprint density at radius 1 is 1.29 bits per heavy atom. The fourth-order valence-corrected chi connectivity index (χ4v) is 3.13. The van der Waals surface area contributed by atoms with E-state index in [1.165, 1.54) is 11.3 Å². The first kappa shape index (κ1) is 18.2. The van der Waals surface area contributed by atoms with Crippen molar-refractivity contribution in [1.29, 1.82) is 0 Å². The largest absolute Gasteiger partial charge is 0.495 e. The topological polar surface area (TPSA) is 69.9 Å². The molecule has 0 radical (unpaired) electrons. The number of fused-ring (bicyclic) bond motifs is 1. The van der Waals surface area contributed by atoms with Gasteiger partial charge in [0.2, 0.25) is 0 Å². The monoisotopic (exact) mass is 350 g/mol. The lowest BCUT2D eigenvalue weighted by atomic mass is 9.96.